The highest BCUT2D eigenvalue weighted by Crippen LogP contribution is 2.13. The zero-order valence-corrected chi connectivity index (χ0v) is 11.2. The molecule has 19 heavy (non-hydrogen) atoms. The van der Waals surface area contributed by atoms with Crippen molar-refractivity contribution in [1.82, 2.24) is 15.1 Å². The predicted molar refractivity (Wildman–Crippen MR) is 69.2 cm³/mol. The second-order valence-electron chi connectivity index (χ2n) is 4.50. The molecule has 0 bridgehead atoms. The lowest BCUT2D eigenvalue weighted by Gasteiger charge is -2.16. The van der Waals surface area contributed by atoms with E-state index in [0.29, 0.717) is 12.1 Å². The van der Waals surface area contributed by atoms with Crippen LogP contribution in [0.25, 0.3) is 0 Å². The summed E-state index contributed by atoms with van der Waals surface area (Å²) in [5.41, 5.74) is 5.98. The van der Waals surface area contributed by atoms with Gasteiger partial charge in [-0.2, -0.15) is 5.10 Å². The minimum Gasteiger partial charge on any atom is -0.479 e. The second-order valence-corrected chi connectivity index (χ2v) is 4.50. The maximum absolute atomic E-state index is 11.8. The Bertz CT molecular complexity index is 440. The molecule has 1 aromatic heterocycles. The van der Waals surface area contributed by atoms with Crippen LogP contribution in [0.2, 0.25) is 0 Å². The third-order valence-electron chi connectivity index (χ3n) is 3.00. The second kappa shape index (κ2) is 6.89. The minimum absolute atomic E-state index is 0.0725. The van der Waals surface area contributed by atoms with Crippen LogP contribution >= 0.6 is 0 Å². The molecule has 1 heterocycles. The van der Waals surface area contributed by atoms with E-state index < -0.39 is 12.0 Å². The maximum atomic E-state index is 11.8. The highest BCUT2D eigenvalue weighted by Gasteiger charge is 2.24. The van der Waals surface area contributed by atoms with E-state index in [4.69, 9.17) is 10.8 Å². The number of amides is 1. The van der Waals surface area contributed by atoms with Crippen molar-refractivity contribution in [2.45, 2.75) is 25.8 Å². The summed E-state index contributed by atoms with van der Waals surface area (Å²) in [5.74, 6) is -1.35. The monoisotopic (exact) mass is 268 g/mol. The third kappa shape index (κ3) is 4.36. The quantitative estimate of drug-likeness (QED) is 0.646. The van der Waals surface area contributed by atoms with Gasteiger partial charge in [-0.05, 0) is 12.5 Å². The number of carboxylic acid groups (broad SMARTS) is 1. The molecule has 7 heteroatoms. The Morgan fingerprint density at radius 1 is 1.58 bits per heavy atom. The van der Waals surface area contributed by atoms with Crippen molar-refractivity contribution in [2.24, 2.45) is 18.7 Å². The van der Waals surface area contributed by atoms with Gasteiger partial charge in [0.2, 0.25) is 5.91 Å². The van der Waals surface area contributed by atoms with Crippen molar-refractivity contribution < 1.29 is 14.7 Å². The normalized spacial score (nSPS) is 13.8. The van der Waals surface area contributed by atoms with E-state index in [-0.39, 0.29) is 18.2 Å². The Hall–Kier alpha value is -1.89. The number of carbonyl (C=O) groups excluding carboxylic acids is 1. The zero-order valence-electron chi connectivity index (χ0n) is 11.2. The highest BCUT2D eigenvalue weighted by atomic mass is 16.4. The fraction of sp³-hybridized carbons (Fsp3) is 0.583. The van der Waals surface area contributed by atoms with E-state index in [1.807, 2.05) is 6.92 Å². The van der Waals surface area contributed by atoms with Gasteiger partial charge in [-0.15, -0.1) is 0 Å². The number of aromatic nitrogens is 2. The molecule has 1 amide bonds. The first-order valence-electron chi connectivity index (χ1n) is 6.18. The van der Waals surface area contributed by atoms with E-state index in [2.05, 4.69) is 10.4 Å². The largest absolute Gasteiger partial charge is 0.479 e. The lowest BCUT2D eigenvalue weighted by molar-refractivity contribution is -0.142. The van der Waals surface area contributed by atoms with Crippen LogP contribution < -0.4 is 11.1 Å². The third-order valence-corrected chi connectivity index (χ3v) is 3.00. The summed E-state index contributed by atoms with van der Waals surface area (Å²) < 4.78 is 1.49. The topological polar surface area (TPSA) is 110 Å². The minimum atomic E-state index is -1.11. The molecule has 7 nitrogen and oxygen atoms in total. The van der Waals surface area contributed by atoms with Crippen molar-refractivity contribution >= 4 is 11.9 Å². The molecule has 0 saturated carbocycles. The zero-order chi connectivity index (χ0) is 14.4. The van der Waals surface area contributed by atoms with Crippen molar-refractivity contribution in [1.29, 1.82) is 0 Å². The first-order valence-corrected chi connectivity index (χ1v) is 6.18. The summed E-state index contributed by atoms with van der Waals surface area (Å²) in [6.45, 7) is 2.36. The molecule has 1 rings (SSSR count). The molecule has 0 saturated heterocycles. The van der Waals surface area contributed by atoms with Crippen LogP contribution in [0.4, 0.5) is 0 Å². The molecule has 106 valence electrons. The highest BCUT2D eigenvalue weighted by molar-refractivity contribution is 5.84. The van der Waals surface area contributed by atoms with Crippen molar-refractivity contribution in [3.05, 3.63) is 18.0 Å². The van der Waals surface area contributed by atoms with E-state index >= 15 is 0 Å². The lowest BCUT2D eigenvalue weighted by Crippen LogP contribution is -2.35. The first kappa shape index (κ1) is 15.2. The summed E-state index contributed by atoms with van der Waals surface area (Å²) in [7, 11) is 1.69. The first-order chi connectivity index (χ1) is 8.97. The molecule has 0 aliphatic heterocycles. The van der Waals surface area contributed by atoms with Gasteiger partial charge in [0.15, 0.2) is 6.04 Å². The van der Waals surface area contributed by atoms with E-state index in [1.54, 1.807) is 13.2 Å². The molecular weight excluding hydrogens is 248 g/mol. The van der Waals surface area contributed by atoms with Crippen LogP contribution in [-0.2, 0) is 16.6 Å². The average molecular weight is 268 g/mol. The number of nitrogens with one attached hydrogen (secondary N) is 1. The van der Waals surface area contributed by atoms with Crippen LogP contribution in [0.15, 0.2) is 12.4 Å². The lowest BCUT2D eigenvalue weighted by atomic mass is 10.0. The molecule has 0 radical (unpaired) electrons. The number of hydrogen-bond donors (Lipinski definition) is 3. The van der Waals surface area contributed by atoms with Gasteiger partial charge in [-0.3, -0.25) is 9.48 Å². The van der Waals surface area contributed by atoms with Gasteiger partial charge in [0.05, 0.1) is 6.20 Å². The number of rotatable bonds is 7. The number of hydrogen-bond acceptors (Lipinski definition) is 4. The Kier molecular flexibility index (Phi) is 5.50. The summed E-state index contributed by atoms with van der Waals surface area (Å²) in [6, 6.07) is -1.07. The van der Waals surface area contributed by atoms with Crippen molar-refractivity contribution in [2.75, 3.05) is 6.54 Å². The molecular formula is C12H20N4O3. The van der Waals surface area contributed by atoms with Gasteiger partial charge in [0.25, 0.3) is 0 Å². The molecule has 1 aromatic rings. The van der Waals surface area contributed by atoms with Crippen molar-refractivity contribution in [3.8, 4) is 0 Å². The SMILES string of the molecule is CCC(CN)CC(=O)NC(C(=O)O)c1cnn(C)c1. The molecule has 0 aromatic carbocycles. The fourth-order valence-electron chi connectivity index (χ4n) is 1.75. The molecule has 2 atom stereocenters. The van der Waals surface area contributed by atoms with Gasteiger partial charge >= 0.3 is 5.97 Å². The summed E-state index contributed by atoms with van der Waals surface area (Å²) in [6.07, 6.45) is 4.02. The van der Waals surface area contributed by atoms with Crippen LogP contribution in [0, 0.1) is 5.92 Å². The predicted octanol–water partition coefficient (Wildman–Crippen LogP) is 0.0370. The van der Waals surface area contributed by atoms with Gasteiger partial charge in [0, 0.05) is 25.2 Å². The summed E-state index contributed by atoms with van der Waals surface area (Å²) in [4.78, 5) is 23.0. The number of nitrogens with zero attached hydrogens (tertiary/aromatic N) is 2. The van der Waals surface area contributed by atoms with Gasteiger partial charge < -0.3 is 16.2 Å². The number of nitrogens with two attached hydrogens (primary N) is 1. The Morgan fingerprint density at radius 3 is 2.68 bits per heavy atom. The standard InChI is InChI=1S/C12H20N4O3/c1-3-8(5-13)4-10(17)15-11(12(18)19)9-6-14-16(2)7-9/h6-8,11H,3-5,13H2,1-2H3,(H,15,17)(H,18,19). The number of carbonyl (C=O) groups is 2. The van der Waals surface area contributed by atoms with E-state index in [1.165, 1.54) is 10.9 Å². The Morgan fingerprint density at radius 2 is 2.26 bits per heavy atom. The van der Waals surface area contributed by atoms with Crippen LogP contribution in [0.1, 0.15) is 31.4 Å². The summed E-state index contributed by atoms with van der Waals surface area (Å²) in [5, 5.41) is 15.6. The molecule has 2 unspecified atom stereocenters. The van der Waals surface area contributed by atoms with Crippen LogP contribution in [0.5, 0.6) is 0 Å². The van der Waals surface area contributed by atoms with Crippen LogP contribution in [-0.4, -0.2) is 33.3 Å². The average Bonchev–Trinajstić information content (AvgIpc) is 2.79. The van der Waals surface area contributed by atoms with Crippen molar-refractivity contribution in [3.63, 3.8) is 0 Å². The number of aryl methyl sites for hydroxylation is 1. The van der Waals surface area contributed by atoms with Crippen LogP contribution in [0.3, 0.4) is 0 Å². The Labute approximate surface area is 111 Å². The van der Waals surface area contributed by atoms with Gasteiger partial charge in [-0.25, -0.2) is 4.79 Å². The smallest absolute Gasteiger partial charge is 0.331 e. The molecule has 0 fully saturated rings. The van der Waals surface area contributed by atoms with E-state index in [9.17, 15) is 9.59 Å². The molecule has 0 spiro atoms. The Balaban J connectivity index is 2.69. The summed E-state index contributed by atoms with van der Waals surface area (Å²) >= 11 is 0. The van der Waals surface area contributed by atoms with E-state index in [0.717, 1.165) is 6.42 Å². The molecule has 0 aliphatic rings. The molecule has 4 N–H and O–H groups in total. The maximum Gasteiger partial charge on any atom is 0.331 e. The number of carboxylic acids is 1. The van der Waals surface area contributed by atoms with Gasteiger partial charge in [-0.1, -0.05) is 13.3 Å². The molecule has 0 aliphatic carbocycles. The number of aliphatic carboxylic acids is 1. The van der Waals surface area contributed by atoms with Gasteiger partial charge in [0.1, 0.15) is 0 Å². The fourth-order valence-corrected chi connectivity index (χ4v) is 1.75.